The van der Waals surface area contributed by atoms with Gasteiger partial charge >= 0.3 is 0 Å². The van der Waals surface area contributed by atoms with Crippen LogP contribution in [-0.2, 0) is 5.41 Å². The molecule has 144 valence electrons. The summed E-state index contributed by atoms with van der Waals surface area (Å²) < 4.78 is 0. The number of hydrogen-bond donors (Lipinski definition) is 0. The Bertz CT molecular complexity index is 842. The lowest BCUT2D eigenvalue weighted by molar-refractivity contribution is 0.0709. The molecule has 4 heteroatoms. The Labute approximate surface area is 163 Å². The molecular weight excluding hydrogens is 332 g/mol. The molecule has 2 aliphatic rings. The van der Waals surface area contributed by atoms with Crippen molar-refractivity contribution in [3.05, 3.63) is 42.2 Å². The van der Waals surface area contributed by atoms with Crippen molar-refractivity contribution in [1.29, 1.82) is 0 Å². The van der Waals surface area contributed by atoms with Crippen LogP contribution in [0.15, 0.2) is 36.7 Å². The fourth-order valence-corrected chi connectivity index (χ4v) is 6.00. The van der Waals surface area contributed by atoms with E-state index in [2.05, 4.69) is 75.6 Å². The molecule has 2 unspecified atom stereocenters. The molecule has 4 nitrogen and oxygen atoms in total. The van der Waals surface area contributed by atoms with Crippen molar-refractivity contribution in [2.75, 3.05) is 9.80 Å². The van der Waals surface area contributed by atoms with Gasteiger partial charge in [-0.15, -0.1) is 0 Å². The van der Waals surface area contributed by atoms with Gasteiger partial charge in [0.05, 0.1) is 0 Å². The van der Waals surface area contributed by atoms with Gasteiger partial charge in [0.2, 0.25) is 0 Å². The van der Waals surface area contributed by atoms with Crippen molar-refractivity contribution in [2.24, 2.45) is 5.41 Å². The van der Waals surface area contributed by atoms with Crippen LogP contribution in [0.1, 0.15) is 66.4 Å². The van der Waals surface area contributed by atoms with Crippen LogP contribution in [0.3, 0.4) is 0 Å². The van der Waals surface area contributed by atoms with Crippen molar-refractivity contribution in [2.45, 2.75) is 78.4 Å². The van der Waals surface area contributed by atoms with Crippen LogP contribution < -0.4 is 9.80 Å². The largest absolute Gasteiger partial charge is 0.330 e. The summed E-state index contributed by atoms with van der Waals surface area (Å²) in [7, 11) is 0. The van der Waals surface area contributed by atoms with Crippen LogP contribution >= 0.6 is 0 Å². The second kappa shape index (κ2) is 6.22. The van der Waals surface area contributed by atoms with Crippen molar-refractivity contribution >= 4 is 17.3 Å². The van der Waals surface area contributed by atoms with E-state index in [4.69, 9.17) is 9.97 Å². The fraction of sp³-hybridized carbons (Fsp3) is 0.565. The predicted molar refractivity (Wildman–Crippen MR) is 113 cm³/mol. The van der Waals surface area contributed by atoms with E-state index in [0.29, 0.717) is 6.04 Å². The molecular formula is C23H32N4. The Morgan fingerprint density at radius 1 is 0.963 bits per heavy atom. The first-order chi connectivity index (χ1) is 13.0. The molecule has 27 heavy (non-hydrogen) atoms. The van der Waals surface area contributed by atoms with Crippen molar-refractivity contribution in [3.8, 4) is 0 Å². The van der Waals surface area contributed by atoms with Crippen LogP contribution in [0.4, 0.5) is 17.3 Å². The van der Waals surface area contributed by atoms with E-state index in [0.717, 1.165) is 30.9 Å². The third-order valence-electron chi connectivity index (χ3n) is 7.48. The van der Waals surface area contributed by atoms with Crippen LogP contribution in [0.25, 0.3) is 0 Å². The highest BCUT2D eigenvalue weighted by Gasteiger charge is 2.62. The second-order valence-electron chi connectivity index (χ2n) is 8.53. The van der Waals surface area contributed by atoms with Crippen LogP contribution in [0, 0.1) is 5.41 Å². The summed E-state index contributed by atoms with van der Waals surface area (Å²) in [5, 5.41) is 0. The fourth-order valence-electron chi connectivity index (χ4n) is 6.00. The Morgan fingerprint density at radius 3 is 2.19 bits per heavy atom. The Morgan fingerprint density at radius 2 is 1.59 bits per heavy atom. The van der Waals surface area contributed by atoms with Gasteiger partial charge in [0.15, 0.2) is 11.6 Å². The summed E-state index contributed by atoms with van der Waals surface area (Å²) in [6, 6.07) is 9.34. The van der Waals surface area contributed by atoms with Crippen molar-refractivity contribution in [3.63, 3.8) is 0 Å². The van der Waals surface area contributed by atoms with Gasteiger partial charge in [-0.1, -0.05) is 45.9 Å². The summed E-state index contributed by atoms with van der Waals surface area (Å²) in [6.45, 7) is 14.1. The summed E-state index contributed by atoms with van der Waals surface area (Å²) >= 11 is 0. The SMILES string of the molecule is CCC1(CC)c2ccccc2N2c3nccnc3N(C(C)C)C2C1(C)CC. The average Bonchev–Trinajstić information content (AvgIpc) is 3.05. The van der Waals surface area contributed by atoms with Crippen LogP contribution in [0.2, 0.25) is 0 Å². The molecule has 0 saturated heterocycles. The summed E-state index contributed by atoms with van der Waals surface area (Å²) in [6.07, 6.45) is 7.27. The lowest BCUT2D eigenvalue weighted by Gasteiger charge is -2.60. The minimum atomic E-state index is 0.0809. The highest BCUT2D eigenvalue weighted by molar-refractivity contribution is 5.82. The van der Waals surface area contributed by atoms with E-state index in [1.54, 1.807) is 0 Å². The number of aromatic nitrogens is 2. The quantitative estimate of drug-likeness (QED) is 0.701. The second-order valence-corrected chi connectivity index (χ2v) is 8.53. The monoisotopic (exact) mass is 364 g/mol. The molecule has 2 atom stereocenters. The predicted octanol–water partition coefficient (Wildman–Crippen LogP) is 5.66. The highest BCUT2D eigenvalue weighted by Crippen LogP contribution is 2.63. The normalized spacial score (nSPS) is 25.4. The van der Waals surface area contributed by atoms with Gasteiger partial charge in [-0.3, -0.25) is 0 Å². The zero-order valence-corrected chi connectivity index (χ0v) is 17.5. The zero-order chi connectivity index (χ0) is 19.4. The molecule has 0 bridgehead atoms. The van der Waals surface area contributed by atoms with E-state index in [9.17, 15) is 0 Å². The van der Waals surface area contributed by atoms with Gasteiger partial charge in [0, 0.05) is 35.0 Å². The maximum Gasteiger partial charge on any atom is 0.178 e. The molecule has 0 N–H and O–H groups in total. The molecule has 0 fully saturated rings. The zero-order valence-electron chi connectivity index (χ0n) is 17.5. The van der Waals surface area contributed by atoms with Gasteiger partial charge < -0.3 is 9.80 Å². The molecule has 0 aliphatic carbocycles. The average molecular weight is 365 g/mol. The molecule has 1 aromatic heterocycles. The van der Waals surface area contributed by atoms with E-state index in [-0.39, 0.29) is 17.0 Å². The molecule has 4 rings (SSSR count). The molecule has 0 radical (unpaired) electrons. The van der Waals surface area contributed by atoms with Crippen molar-refractivity contribution in [1.82, 2.24) is 9.97 Å². The molecule has 1 aromatic carbocycles. The third kappa shape index (κ3) is 2.10. The van der Waals surface area contributed by atoms with Gasteiger partial charge in [-0.05, 0) is 44.7 Å². The molecule has 0 saturated carbocycles. The lowest BCUT2D eigenvalue weighted by Crippen LogP contribution is -2.64. The standard InChI is InChI=1S/C23H32N4/c1-7-22(6)21-26(16(4)5)19-20(25-15-14-24-19)27(21)18-13-11-10-12-17(18)23(22,8-2)9-3/h10-16,21H,7-9H2,1-6H3. The molecule has 2 aliphatic heterocycles. The van der Waals surface area contributed by atoms with E-state index < -0.39 is 0 Å². The number of anilines is 3. The van der Waals surface area contributed by atoms with Crippen molar-refractivity contribution < 1.29 is 0 Å². The maximum atomic E-state index is 4.80. The topological polar surface area (TPSA) is 32.3 Å². The van der Waals surface area contributed by atoms with Crippen LogP contribution in [0.5, 0.6) is 0 Å². The summed E-state index contributed by atoms with van der Waals surface area (Å²) in [5.41, 5.74) is 2.99. The van der Waals surface area contributed by atoms with E-state index in [1.165, 1.54) is 11.3 Å². The molecule has 0 amide bonds. The van der Waals surface area contributed by atoms with Crippen LogP contribution in [-0.4, -0.2) is 22.2 Å². The minimum Gasteiger partial charge on any atom is -0.330 e. The first-order valence-electron chi connectivity index (χ1n) is 10.4. The maximum absolute atomic E-state index is 4.80. The van der Waals surface area contributed by atoms with Gasteiger partial charge in [-0.2, -0.15) is 0 Å². The lowest BCUT2D eigenvalue weighted by atomic mass is 9.53. The molecule has 0 spiro atoms. The first-order valence-corrected chi connectivity index (χ1v) is 10.4. The number of para-hydroxylation sites is 1. The Balaban J connectivity index is 2.09. The van der Waals surface area contributed by atoms with Gasteiger partial charge in [0.25, 0.3) is 0 Å². The first kappa shape index (κ1) is 18.3. The van der Waals surface area contributed by atoms with E-state index in [1.807, 2.05) is 12.4 Å². The minimum absolute atomic E-state index is 0.0809. The number of rotatable bonds is 4. The number of benzene rings is 1. The molecule has 2 aromatic rings. The Kier molecular flexibility index (Phi) is 4.21. The van der Waals surface area contributed by atoms with Gasteiger partial charge in [0.1, 0.15) is 6.17 Å². The summed E-state index contributed by atoms with van der Waals surface area (Å²) in [4.78, 5) is 14.6. The Hall–Kier alpha value is -2.10. The summed E-state index contributed by atoms with van der Waals surface area (Å²) in [5.74, 6) is 2.03. The third-order valence-corrected chi connectivity index (χ3v) is 7.48. The van der Waals surface area contributed by atoms with Gasteiger partial charge in [-0.25, -0.2) is 9.97 Å². The number of nitrogens with zero attached hydrogens (tertiary/aromatic N) is 4. The number of hydrogen-bond acceptors (Lipinski definition) is 4. The smallest absolute Gasteiger partial charge is 0.178 e. The number of fused-ring (bicyclic) bond motifs is 5. The molecule has 3 heterocycles. The highest BCUT2D eigenvalue weighted by atomic mass is 15.5. The van der Waals surface area contributed by atoms with E-state index >= 15 is 0 Å².